The van der Waals surface area contributed by atoms with Crippen LogP contribution in [0.15, 0.2) is 0 Å². The van der Waals surface area contributed by atoms with Crippen molar-refractivity contribution in [3.05, 3.63) is 0 Å². The molecule has 5 heteroatoms. The van der Waals surface area contributed by atoms with Gasteiger partial charge >= 0.3 is 6.11 Å². The molecule has 0 aromatic carbocycles. The third kappa shape index (κ3) is 10.0. The first-order valence-electron chi connectivity index (χ1n) is 4.98. The van der Waals surface area contributed by atoms with Crippen molar-refractivity contribution in [3.8, 4) is 0 Å². The molecule has 3 nitrogen and oxygen atoms in total. The molecule has 0 spiro atoms. The maximum Gasteiger partial charge on any atom is 0.376 e. The second-order valence-corrected chi connectivity index (χ2v) is 4.38. The number of ether oxygens (including phenoxy) is 2. The Bertz CT molecular complexity index is 176. The van der Waals surface area contributed by atoms with Crippen molar-refractivity contribution < 1.29 is 23.4 Å². The van der Waals surface area contributed by atoms with Crippen molar-refractivity contribution in [3.63, 3.8) is 0 Å². The Morgan fingerprint density at radius 3 is 2.20 bits per heavy atom. The highest BCUT2D eigenvalue weighted by molar-refractivity contribution is 4.69. The lowest BCUT2D eigenvalue weighted by molar-refractivity contribution is -0.250. The van der Waals surface area contributed by atoms with Gasteiger partial charge in [-0.3, -0.25) is 0 Å². The Labute approximate surface area is 89.4 Å². The Balaban J connectivity index is 3.77. The van der Waals surface area contributed by atoms with Gasteiger partial charge in [-0.05, 0) is 34.1 Å². The standard InChI is InChI=1S/C10H20F2O3/c1-8(2)14-6-5-9(3,4)15-7-10(11,12)13/h8,13H,5-7H2,1-4H3. The van der Waals surface area contributed by atoms with Crippen molar-refractivity contribution in [1.29, 1.82) is 0 Å². The van der Waals surface area contributed by atoms with Crippen LogP contribution < -0.4 is 0 Å². The maximum absolute atomic E-state index is 12.1. The van der Waals surface area contributed by atoms with E-state index in [0.717, 1.165) is 0 Å². The second kappa shape index (κ2) is 5.72. The van der Waals surface area contributed by atoms with Crippen molar-refractivity contribution in [1.82, 2.24) is 0 Å². The highest BCUT2D eigenvalue weighted by Crippen LogP contribution is 2.19. The minimum absolute atomic E-state index is 0.111. The average molecular weight is 226 g/mol. The van der Waals surface area contributed by atoms with E-state index in [-0.39, 0.29) is 6.10 Å². The zero-order chi connectivity index (χ0) is 12.1. The van der Waals surface area contributed by atoms with E-state index in [1.807, 2.05) is 13.8 Å². The molecule has 0 atom stereocenters. The summed E-state index contributed by atoms with van der Waals surface area (Å²) in [6.45, 7) is 6.62. The molecule has 0 aromatic heterocycles. The normalized spacial score (nSPS) is 13.6. The third-order valence-electron chi connectivity index (χ3n) is 1.79. The summed E-state index contributed by atoms with van der Waals surface area (Å²) in [6.07, 6.45) is -3.16. The molecule has 0 saturated heterocycles. The van der Waals surface area contributed by atoms with E-state index in [1.54, 1.807) is 13.8 Å². The molecule has 1 N–H and O–H groups in total. The van der Waals surface area contributed by atoms with Crippen LogP contribution in [0.4, 0.5) is 8.78 Å². The SMILES string of the molecule is CC(C)OCCC(C)(C)OCC(O)(F)F. The number of hydrogen-bond donors (Lipinski definition) is 1. The fraction of sp³-hybridized carbons (Fsp3) is 1.00. The molecule has 0 rings (SSSR count). The van der Waals surface area contributed by atoms with Gasteiger partial charge in [-0.25, -0.2) is 0 Å². The minimum Gasteiger partial charge on any atom is -0.379 e. The molecule has 0 aliphatic heterocycles. The van der Waals surface area contributed by atoms with E-state index in [1.165, 1.54) is 0 Å². The molecule has 0 amide bonds. The lowest BCUT2D eigenvalue weighted by Gasteiger charge is -2.26. The summed E-state index contributed by atoms with van der Waals surface area (Å²) in [5, 5.41) is 8.21. The summed E-state index contributed by atoms with van der Waals surface area (Å²) in [7, 11) is 0. The average Bonchev–Trinajstić information content (AvgIpc) is 1.99. The van der Waals surface area contributed by atoms with Crippen molar-refractivity contribution >= 4 is 0 Å². The molecular weight excluding hydrogens is 206 g/mol. The van der Waals surface area contributed by atoms with Gasteiger partial charge in [0.1, 0.15) is 6.61 Å². The number of halogens is 2. The molecule has 0 heterocycles. The van der Waals surface area contributed by atoms with E-state index in [4.69, 9.17) is 14.6 Å². The van der Waals surface area contributed by atoms with Gasteiger partial charge in [0.05, 0.1) is 11.7 Å². The summed E-state index contributed by atoms with van der Waals surface area (Å²) in [5.74, 6) is 0. The van der Waals surface area contributed by atoms with Gasteiger partial charge in [-0.1, -0.05) is 0 Å². The molecule has 0 aliphatic rings. The first-order chi connectivity index (χ1) is 6.62. The van der Waals surface area contributed by atoms with E-state index in [0.29, 0.717) is 13.0 Å². The lowest BCUT2D eigenvalue weighted by Crippen LogP contribution is -2.33. The first-order valence-corrected chi connectivity index (χ1v) is 4.98. The maximum atomic E-state index is 12.1. The second-order valence-electron chi connectivity index (χ2n) is 4.38. The molecule has 15 heavy (non-hydrogen) atoms. The topological polar surface area (TPSA) is 38.7 Å². The summed E-state index contributed by atoms with van der Waals surface area (Å²) < 4.78 is 34.4. The van der Waals surface area contributed by atoms with Crippen LogP contribution in [0.5, 0.6) is 0 Å². The molecule has 0 unspecified atom stereocenters. The molecular formula is C10H20F2O3. The van der Waals surface area contributed by atoms with Crippen LogP contribution in [0.3, 0.4) is 0 Å². The zero-order valence-corrected chi connectivity index (χ0v) is 9.72. The highest BCUT2D eigenvalue weighted by Gasteiger charge is 2.29. The Morgan fingerprint density at radius 1 is 1.27 bits per heavy atom. The minimum atomic E-state index is -3.77. The van der Waals surface area contributed by atoms with Crippen molar-refractivity contribution in [2.45, 2.75) is 51.9 Å². The molecule has 0 aromatic rings. The van der Waals surface area contributed by atoms with Crippen LogP contribution in [-0.4, -0.2) is 36.1 Å². The third-order valence-corrected chi connectivity index (χ3v) is 1.79. The van der Waals surface area contributed by atoms with Gasteiger partial charge < -0.3 is 14.6 Å². The quantitative estimate of drug-likeness (QED) is 0.723. The number of aliphatic hydroxyl groups is 1. The van der Waals surface area contributed by atoms with E-state index >= 15 is 0 Å². The summed E-state index contributed by atoms with van der Waals surface area (Å²) >= 11 is 0. The van der Waals surface area contributed by atoms with E-state index in [9.17, 15) is 8.78 Å². The van der Waals surface area contributed by atoms with Crippen LogP contribution >= 0.6 is 0 Å². The van der Waals surface area contributed by atoms with Gasteiger partial charge in [0.25, 0.3) is 0 Å². The van der Waals surface area contributed by atoms with Gasteiger partial charge in [-0.2, -0.15) is 8.78 Å². The van der Waals surface area contributed by atoms with E-state index in [2.05, 4.69) is 0 Å². The Hall–Kier alpha value is -0.260. The summed E-state index contributed by atoms with van der Waals surface area (Å²) in [4.78, 5) is 0. The van der Waals surface area contributed by atoms with Crippen LogP contribution in [0.25, 0.3) is 0 Å². The van der Waals surface area contributed by atoms with Gasteiger partial charge in [0, 0.05) is 6.61 Å². The number of hydrogen-bond acceptors (Lipinski definition) is 3. The molecule has 0 saturated carbocycles. The molecule has 92 valence electrons. The van der Waals surface area contributed by atoms with Gasteiger partial charge in [0.15, 0.2) is 0 Å². The van der Waals surface area contributed by atoms with Crippen LogP contribution in [0.2, 0.25) is 0 Å². The summed E-state index contributed by atoms with van der Waals surface area (Å²) in [5.41, 5.74) is -0.721. The van der Waals surface area contributed by atoms with E-state index < -0.39 is 18.3 Å². The van der Waals surface area contributed by atoms with Crippen LogP contribution in [0, 0.1) is 0 Å². The predicted molar refractivity (Wildman–Crippen MR) is 52.9 cm³/mol. The first kappa shape index (κ1) is 14.7. The molecule has 0 fully saturated rings. The lowest BCUT2D eigenvalue weighted by atomic mass is 10.1. The molecule has 0 aliphatic carbocycles. The smallest absolute Gasteiger partial charge is 0.376 e. The van der Waals surface area contributed by atoms with Crippen LogP contribution in [0.1, 0.15) is 34.1 Å². The Kier molecular flexibility index (Phi) is 5.62. The van der Waals surface area contributed by atoms with Crippen molar-refractivity contribution in [2.75, 3.05) is 13.2 Å². The van der Waals surface area contributed by atoms with Crippen LogP contribution in [-0.2, 0) is 9.47 Å². The predicted octanol–water partition coefficient (Wildman–Crippen LogP) is 2.18. The molecule has 0 radical (unpaired) electrons. The monoisotopic (exact) mass is 226 g/mol. The fourth-order valence-electron chi connectivity index (χ4n) is 0.895. The number of alkyl halides is 2. The zero-order valence-electron chi connectivity index (χ0n) is 9.72. The van der Waals surface area contributed by atoms with Gasteiger partial charge in [0.2, 0.25) is 0 Å². The van der Waals surface area contributed by atoms with Gasteiger partial charge in [-0.15, -0.1) is 0 Å². The fourth-order valence-corrected chi connectivity index (χ4v) is 0.895. The highest BCUT2D eigenvalue weighted by atomic mass is 19.3. The molecule has 0 bridgehead atoms. The number of rotatable bonds is 7. The Morgan fingerprint density at radius 2 is 1.80 bits per heavy atom. The largest absolute Gasteiger partial charge is 0.379 e. The van der Waals surface area contributed by atoms with Crippen molar-refractivity contribution in [2.24, 2.45) is 0 Å². The summed E-state index contributed by atoms with van der Waals surface area (Å²) in [6, 6.07) is 0.